The van der Waals surface area contributed by atoms with E-state index in [0.29, 0.717) is 12.8 Å². The van der Waals surface area contributed by atoms with E-state index < -0.39 is 27.5 Å². The van der Waals surface area contributed by atoms with Gasteiger partial charge in [-0.25, -0.2) is 17.2 Å². The summed E-state index contributed by atoms with van der Waals surface area (Å²) >= 11 is 0. The van der Waals surface area contributed by atoms with E-state index in [1.807, 2.05) is 0 Å². The van der Waals surface area contributed by atoms with Crippen LogP contribution in [0.2, 0.25) is 0 Å². The average molecular weight is 277 g/mol. The van der Waals surface area contributed by atoms with Gasteiger partial charge in [0.25, 0.3) is 0 Å². The molecule has 18 heavy (non-hydrogen) atoms. The van der Waals surface area contributed by atoms with Crippen LogP contribution in [-0.2, 0) is 9.84 Å². The molecule has 3 nitrogen and oxygen atoms in total. The Kier molecular flexibility index (Phi) is 5.22. The van der Waals surface area contributed by atoms with Crippen molar-refractivity contribution in [3.05, 3.63) is 35.4 Å². The third kappa shape index (κ3) is 4.03. The topological polar surface area (TPSA) is 60.2 Å². The molecule has 0 aromatic heterocycles. The minimum Gasteiger partial charge on any atom is -0.324 e. The zero-order chi connectivity index (χ0) is 13.8. The quantitative estimate of drug-likeness (QED) is 0.867. The molecule has 1 unspecified atom stereocenters. The van der Waals surface area contributed by atoms with E-state index in [0.717, 1.165) is 6.07 Å². The van der Waals surface area contributed by atoms with Crippen LogP contribution < -0.4 is 5.73 Å². The van der Waals surface area contributed by atoms with Crippen LogP contribution >= 0.6 is 0 Å². The average Bonchev–Trinajstić information content (AvgIpc) is 2.32. The van der Waals surface area contributed by atoms with Crippen molar-refractivity contribution in [2.45, 2.75) is 25.8 Å². The van der Waals surface area contributed by atoms with Crippen LogP contribution in [0.1, 0.15) is 31.4 Å². The Bertz CT molecular complexity index is 503. The Balaban J connectivity index is 2.61. The lowest BCUT2D eigenvalue weighted by atomic mass is 10.0. The third-order valence-electron chi connectivity index (χ3n) is 2.79. The van der Waals surface area contributed by atoms with Crippen molar-refractivity contribution in [1.82, 2.24) is 0 Å². The molecule has 0 aliphatic heterocycles. The molecular weight excluding hydrogens is 260 g/mol. The van der Waals surface area contributed by atoms with E-state index in [4.69, 9.17) is 5.73 Å². The standard InChI is InChI=1S/C12H17F2NO2S/c1-2-18(16,17)8-4-7-11(15)9-5-3-6-10(13)12(9)14/h3,5-6,11H,2,4,7-8,15H2,1H3. The second-order valence-corrected chi connectivity index (χ2v) is 6.60. The molecule has 0 heterocycles. The normalized spacial score (nSPS) is 13.6. The van der Waals surface area contributed by atoms with Gasteiger partial charge < -0.3 is 5.73 Å². The molecule has 1 rings (SSSR count). The molecule has 0 spiro atoms. The maximum atomic E-state index is 13.4. The highest BCUT2D eigenvalue weighted by atomic mass is 32.2. The number of halogens is 2. The molecule has 1 aromatic rings. The fraction of sp³-hybridized carbons (Fsp3) is 0.500. The Hall–Kier alpha value is -1.01. The zero-order valence-electron chi connectivity index (χ0n) is 10.2. The smallest absolute Gasteiger partial charge is 0.163 e. The molecule has 102 valence electrons. The summed E-state index contributed by atoms with van der Waals surface area (Å²) in [5.74, 6) is -1.79. The lowest BCUT2D eigenvalue weighted by Gasteiger charge is -2.13. The molecule has 1 aromatic carbocycles. The SMILES string of the molecule is CCS(=O)(=O)CCCC(N)c1cccc(F)c1F. The molecule has 2 N–H and O–H groups in total. The molecule has 0 saturated carbocycles. The van der Waals surface area contributed by atoms with E-state index in [1.165, 1.54) is 12.1 Å². The van der Waals surface area contributed by atoms with Crippen LogP contribution in [0.4, 0.5) is 8.78 Å². The van der Waals surface area contributed by atoms with Crippen LogP contribution in [0.5, 0.6) is 0 Å². The van der Waals surface area contributed by atoms with Gasteiger partial charge in [0.2, 0.25) is 0 Å². The summed E-state index contributed by atoms with van der Waals surface area (Å²) in [5, 5.41) is 0. The predicted octanol–water partition coefficient (Wildman–Crippen LogP) is 2.18. The molecular formula is C12H17F2NO2S. The first-order valence-corrected chi connectivity index (χ1v) is 7.59. The van der Waals surface area contributed by atoms with Crippen molar-refractivity contribution < 1.29 is 17.2 Å². The highest BCUT2D eigenvalue weighted by Gasteiger charge is 2.15. The minimum atomic E-state index is -3.04. The van der Waals surface area contributed by atoms with Gasteiger partial charge >= 0.3 is 0 Å². The van der Waals surface area contributed by atoms with Crippen LogP contribution in [0.15, 0.2) is 18.2 Å². The summed E-state index contributed by atoms with van der Waals surface area (Å²) in [6.07, 6.45) is 0.646. The highest BCUT2D eigenvalue weighted by molar-refractivity contribution is 7.91. The first-order chi connectivity index (χ1) is 8.37. The molecule has 0 saturated heterocycles. The lowest BCUT2D eigenvalue weighted by molar-refractivity contribution is 0.482. The van der Waals surface area contributed by atoms with E-state index in [-0.39, 0.29) is 17.1 Å². The second kappa shape index (κ2) is 6.24. The molecule has 0 aliphatic carbocycles. The zero-order valence-corrected chi connectivity index (χ0v) is 11.0. The van der Waals surface area contributed by atoms with Crippen LogP contribution in [0, 0.1) is 11.6 Å². The van der Waals surface area contributed by atoms with Gasteiger partial charge in [-0.1, -0.05) is 19.1 Å². The number of benzene rings is 1. The monoisotopic (exact) mass is 277 g/mol. The fourth-order valence-electron chi connectivity index (χ4n) is 1.63. The molecule has 0 amide bonds. The maximum absolute atomic E-state index is 13.4. The number of nitrogens with two attached hydrogens (primary N) is 1. The Morgan fingerprint density at radius 3 is 2.61 bits per heavy atom. The first-order valence-electron chi connectivity index (χ1n) is 5.77. The lowest BCUT2D eigenvalue weighted by Crippen LogP contribution is -2.16. The fourth-order valence-corrected chi connectivity index (χ4v) is 2.53. The Morgan fingerprint density at radius 2 is 2.00 bits per heavy atom. The van der Waals surface area contributed by atoms with Gasteiger partial charge in [0.05, 0.1) is 5.75 Å². The largest absolute Gasteiger partial charge is 0.324 e. The van der Waals surface area contributed by atoms with E-state index >= 15 is 0 Å². The highest BCUT2D eigenvalue weighted by Crippen LogP contribution is 2.21. The molecule has 6 heteroatoms. The number of hydrogen-bond acceptors (Lipinski definition) is 3. The van der Waals surface area contributed by atoms with Crippen LogP contribution in [0.25, 0.3) is 0 Å². The van der Waals surface area contributed by atoms with Crippen LogP contribution in [0.3, 0.4) is 0 Å². The van der Waals surface area contributed by atoms with Crippen molar-refractivity contribution in [3.8, 4) is 0 Å². The summed E-state index contributed by atoms with van der Waals surface area (Å²) in [6, 6.07) is 3.13. The number of hydrogen-bond donors (Lipinski definition) is 1. The van der Waals surface area contributed by atoms with Gasteiger partial charge in [0.1, 0.15) is 9.84 Å². The molecule has 0 bridgehead atoms. The van der Waals surface area contributed by atoms with Crippen molar-refractivity contribution in [2.75, 3.05) is 11.5 Å². The third-order valence-corrected chi connectivity index (χ3v) is 4.58. The van der Waals surface area contributed by atoms with Gasteiger partial charge in [-0.15, -0.1) is 0 Å². The van der Waals surface area contributed by atoms with Crippen molar-refractivity contribution >= 4 is 9.84 Å². The molecule has 0 aliphatic rings. The van der Waals surface area contributed by atoms with Gasteiger partial charge in [0.15, 0.2) is 11.6 Å². The predicted molar refractivity (Wildman–Crippen MR) is 66.8 cm³/mol. The van der Waals surface area contributed by atoms with E-state index in [9.17, 15) is 17.2 Å². The van der Waals surface area contributed by atoms with Gasteiger partial charge in [-0.3, -0.25) is 0 Å². The number of rotatable bonds is 6. The first kappa shape index (κ1) is 15.0. The van der Waals surface area contributed by atoms with Crippen LogP contribution in [-0.4, -0.2) is 19.9 Å². The second-order valence-electron chi connectivity index (χ2n) is 4.13. The summed E-state index contributed by atoms with van der Waals surface area (Å²) in [7, 11) is -3.04. The Labute approximate surface area is 106 Å². The van der Waals surface area contributed by atoms with Crippen molar-refractivity contribution in [3.63, 3.8) is 0 Å². The Morgan fingerprint density at radius 1 is 1.33 bits per heavy atom. The van der Waals surface area contributed by atoms with Gasteiger partial charge in [0, 0.05) is 17.4 Å². The van der Waals surface area contributed by atoms with E-state index in [1.54, 1.807) is 6.92 Å². The van der Waals surface area contributed by atoms with Gasteiger partial charge in [-0.2, -0.15) is 0 Å². The number of sulfone groups is 1. The molecule has 0 radical (unpaired) electrons. The summed E-state index contributed by atoms with van der Waals surface area (Å²) < 4.78 is 48.9. The summed E-state index contributed by atoms with van der Waals surface area (Å²) in [6.45, 7) is 1.57. The van der Waals surface area contributed by atoms with Crippen molar-refractivity contribution in [2.24, 2.45) is 5.73 Å². The minimum absolute atomic E-state index is 0.0220. The van der Waals surface area contributed by atoms with E-state index in [2.05, 4.69) is 0 Å². The van der Waals surface area contributed by atoms with Gasteiger partial charge in [-0.05, 0) is 18.9 Å². The maximum Gasteiger partial charge on any atom is 0.163 e. The van der Waals surface area contributed by atoms with Crippen molar-refractivity contribution in [1.29, 1.82) is 0 Å². The summed E-state index contributed by atoms with van der Waals surface area (Å²) in [5.41, 5.74) is 5.82. The summed E-state index contributed by atoms with van der Waals surface area (Å²) in [4.78, 5) is 0. The molecule has 1 atom stereocenters. The molecule has 0 fully saturated rings.